The van der Waals surface area contributed by atoms with Crippen molar-refractivity contribution in [3.63, 3.8) is 0 Å². The van der Waals surface area contributed by atoms with Crippen molar-refractivity contribution in [2.24, 2.45) is 5.92 Å². The third-order valence-electron chi connectivity index (χ3n) is 5.15. The van der Waals surface area contributed by atoms with Crippen LogP contribution in [-0.2, 0) is 14.6 Å². The maximum Gasteiger partial charge on any atom is 0.241 e. The molecule has 0 bridgehead atoms. The molecule has 1 saturated heterocycles. The van der Waals surface area contributed by atoms with Crippen LogP contribution in [0.1, 0.15) is 52.4 Å². The van der Waals surface area contributed by atoms with Gasteiger partial charge < -0.3 is 10.2 Å². The van der Waals surface area contributed by atoms with Crippen molar-refractivity contribution in [2.75, 3.05) is 20.1 Å². The van der Waals surface area contributed by atoms with Gasteiger partial charge >= 0.3 is 0 Å². The van der Waals surface area contributed by atoms with Gasteiger partial charge in [0.2, 0.25) is 5.91 Å². The van der Waals surface area contributed by atoms with Crippen LogP contribution in [0, 0.1) is 5.92 Å². The largest absolute Gasteiger partial charge is 0.340 e. The zero-order chi connectivity index (χ0) is 16.3. The minimum absolute atomic E-state index is 0. The molecule has 0 spiro atoms. The number of nitrogens with one attached hydrogen (secondary N) is 1. The molecule has 5 nitrogen and oxygen atoms in total. The van der Waals surface area contributed by atoms with Gasteiger partial charge in [-0.1, -0.05) is 33.1 Å². The van der Waals surface area contributed by atoms with E-state index in [1.807, 2.05) is 13.8 Å². The summed E-state index contributed by atoms with van der Waals surface area (Å²) in [6, 6.07) is 0.121. The van der Waals surface area contributed by atoms with Gasteiger partial charge in [0.15, 0.2) is 9.84 Å². The molecule has 1 saturated carbocycles. The number of carbonyl (C=O) groups excluding carboxylic acids is 1. The molecule has 2 atom stereocenters. The Morgan fingerprint density at radius 1 is 1.13 bits per heavy atom. The summed E-state index contributed by atoms with van der Waals surface area (Å²) in [5.41, 5.74) is 0. The molecule has 0 radical (unpaired) electrons. The van der Waals surface area contributed by atoms with E-state index in [0.29, 0.717) is 12.8 Å². The minimum atomic E-state index is -3.41. The third-order valence-corrected chi connectivity index (χ3v) is 8.00. The number of carbonyl (C=O) groups is 1. The summed E-state index contributed by atoms with van der Waals surface area (Å²) in [6.45, 7) is 5.36. The van der Waals surface area contributed by atoms with Gasteiger partial charge in [0.05, 0.1) is 5.25 Å². The number of halogens is 1. The number of likely N-dealkylation sites (N-methyl/N-ethyl adjacent to an activating group) is 1. The molecule has 23 heavy (non-hydrogen) atoms. The predicted octanol–water partition coefficient (Wildman–Crippen LogP) is 2.00. The van der Waals surface area contributed by atoms with E-state index >= 15 is 0 Å². The molecule has 1 heterocycles. The van der Waals surface area contributed by atoms with Crippen LogP contribution in [0.25, 0.3) is 0 Å². The Morgan fingerprint density at radius 2 is 1.74 bits per heavy atom. The topological polar surface area (TPSA) is 66.5 Å². The van der Waals surface area contributed by atoms with Gasteiger partial charge in [0, 0.05) is 19.6 Å². The second-order valence-electron chi connectivity index (χ2n) is 7.11. The highest BCUT2D eigenvalue weighted by Crippen LogP contribution is 2.30. The first-order valence-corrected chi connectivity index (χ1v) is 10.2. The van der Waals surface area contributed by atoms with E-state index in [4.69, 9.17) is 0 Å². The predicted molar refractivity (Wildman–Crippen MR) is 95.7 cm³/mol. The highest BCUT2D eigenvalue weighted by atomic mass is 35.5. The maximum atomic E-state index is 13.0. The lowest BCUT2D eigenvalue weighted by Crippen LogP contribution is -2.51. The molecule has 2 unspecified atom stereocenters. The Hall–Kier alpha value is -0.330. The van der Waals surface area contributed by atoms with Gasteiger partial charge in [-0.2, -0.15) is 0 Å². The van der Waals surface area contributed by atoms with E-state index in [2.05, 4.69) is 5.32 Å². The number of hydrogen-bond donors (Lipinski definition) is 1. The van der Waals surface area contributed by atoms with Gasteiger partial charge in [-0.25, -0.2) is 8.42 Å². The van der Waals surface area contributed by atoms with Crippen LogP contribution in [0.15, 0.2) is 0 Å². The summed E-state index contributed by atoms with van der Waals surface area (Å²) >= 11 is 0. The summed E-state index contributed by atoms with van der Waals surface area (Å²) in [7, 11) is -1.65. The zero-order valence-electron chi connectivity index (χ0n) is 14.5. The van der Waals surface area contributed by atoms with Gasteiger partial charge in [-0.05, 0) is 31.7 Å². The standard InChI is InChI=1S/C16H30N2O3S.ClH/c1-12(2)15(16(19)18(3)13-9-10-17-11-13)22(20,21)14-7-5-4-6-8-14;/h12-15,17H,4-11H2,1-3H3;1H. The Morgan fingerprint density at radius 3 is 2.22 bits per heavy atom. The first-order chi connectivity index (χ1) is 10.4. The summed E-state index contributed by atoms with van der Waals surface area (Å²) in [6.07, 6.45) is 5.37. The Labute approximate surface area is 146 Å². The smallest absolute Gasteiger partial charge is 0.241 e. The van der Waals surface area contributed by atoms with E-state index in [0.717, 1.165) is 38.8 Å². The average molecular weight is 367 g/mol. The molecular weight excluding hydrogens is 336 g/mol. The third kappa shape index (κ3) is 4.60. The summed E-state index contributed by atoms with van der Waals surface area (Å²) < 4.78 is 26.0. The highest BCUT2D eigenvalue weighted by Gasteiger charge is 2.43. The summed E-state index contributed by atoms with van der Waals surface area (Å²) in [4.78, 5) is 14.6. The number of hydrogen-bond acceptors (Lipinski definition) is 4. The lowest BCUT2D eigenvalue weighted by atomic mass is 10.0. The molecule has 2 rings (SSSR count). The Bertz CT molecular complexity index is 484. The van der Waals surface area contributed by atoms with E-state index in [9.17, 15) is 13.2 Å². The molecule has 1 amide bonds. The fourth-order valence-electron chi connectivity index (χ4n) is 3.76. The fraction of sp³-hybridized carbons (Fsp3) is 0.938. The Balaban J connectivity index is 0.00000264. The highest BCUT2D eigenvalue weighted by molar-refractivity contribution is 7.93. The van der Waals surface area contributed by atoms with Crippen LogP contribution in [-0.4, -0.2) is 55.9 Å². The van der Waals surface area contributed by atoms with Crippen LogP contribution >= 0.6 is 12.4 Å². The van der Waals surface area contributed by atoms with Crippen molar-refractivity contribution in [3.05, 3.63) is 0 Å². The van der Waals surface area contributed by atoms with Crippen molar-refractivity contribution in [3.8, 4) is 0 Å². The van der Waals surface area contributed by atoms with E-state index in [1.54, 1.807) is 11.9 Å². The second-order valence-corrected chi connectivity index (χ2v) is 9.46. The van der Waals surface area contributed by atoms with Crippen LogP contribution in [0.3, 0.4) is 0 Å². The molecule has 2 fully saturated rings. The first-order valence-electron chi connectivity index (χ1n) is 8.55. The number of amides is 1. The lowest BCUT2D eigenvalue weighted by Gasteiger charge is -2.33. The van der Waals surface area contributed by atoms with Crippen molar-refractivity contribution in [1.82, 2.24) is 10.2 Å². The molecule has 7 heteroatoms. The number of sulfone groups is 1. The van der Waals surface area contributed by atoms with Crippen molar-refractivity contribution in [1.29, 1.82) is 0 Å². The van der Waals surface area contributed by atoms with Gasteiger partial charge in [0.25, 0.3) is 0 Å². The normalized spacial score (nSPS) is 24.3. The SMILES string of the molecule is CC(C)C(C(=O)N(C)C1CCNC1)S(=O)(=O)C1CCCCC1.Cl. The van der Waals surface area contributed by atoms with Gasteiger partial charge in [0.1, 0.15) is 5.25 Å². The average Bonchev–Trinajstić information content (AvgIpc) is 3.01. The van der Waals surface area contributed by atoms with Crippen LogP contribution in [0.4, 0.5) is 0 Å². The van der Waals surface area contributed by atoms with Crippen molar-refractivity contribution in [2.45, 2.75) is 68.9 Å². The van der Waals surface area contributed by atoms with Crippen LogP contribution in [0.5, 0.6) is 0 Å². The van der Waals surface area contributed by atoms with Crippen LogP contribution < -0.4 is 5.32 Å². The molecule has 1 N–H and O–H groups in total. The molecule has 0 aromatic rings. The summed E-state index contributed by atoms with van der Waals surface area (Å²) in [5, 5.41) is 2.02. The van der Waals surface area contributed by atoms with Crippen molar-refractivity contribution >= 4 is 28.2 Å². The monoisotopic (exact) mass is 366 g/mol. The summed E-state index contributed by atoms with van der Waals surface area (Å²) in [5.74, 6) is -0.398. The van der Waals surface area contributed by atoms with E-state index < -0.39 is 15.1 Å². The molecule has 1 aliphatic heterocycles. The minimum Gasteiger partial charge on any atom is -0.340 e. The number of nitrogens with zero attached hydrogens (tertiary/aromatic N) is 1. The second kappa shape index (κ2) is 8.67. The van der Waals surface area contributed by atoms with Crippen LogP contribution in [0.2, 0.25) is 0 Å². The Kier molecular flexibility index (Phi) is 7.81. The molecule has 2 aliphatic rings. The molecule has 0 aromatic carbocycles. The quantitative estimate of drug-likeness (QED) is 0.808. The molecule has 1 aliphatic carbocycles. The van der Waals surface area contributed by atoms with E-state index in [-0.39, 0.29) is 35.5 Å². The molecular formula is C16H31ClN2O3S. The maximum absolute atomic E-state index is 13.0. The first kappa shape index (κ1) is 20.7. The van der Waals surface area contributed by atoms with Crippen molar-refractivity contribution < 1.29 is 13.2 Å². The molecule has 0 aromatic heterocycles. The van der Waals surface area contributed by atoms with Gasteiger partial charge in [-0.3, -0.25) is 4.79 Å². The van der Waals surface area contributed by atoms with Gasteiger partial charge in [-0.15, -0.1) is 12.4 Å². The zero-order valence-corrected chi connectivity index (χ0v) is 16.1. The fourth-order valence-corrected chi connectivity index (χ4v) is 6.37. The molecule has 136 valence electrons. The number of rotatable bonds is 5. The lowest BCUT2D eigenvalue weighted by molar-refractivity contribution is -0.131. The van der Waals surface area contributed by atoms with E-state index in [1.165, 1.54) is 0 Å².